The van der Waals surface area contributed by atoms with Gasteiger partial charge in [-0.05, 0) is 12.1 Å². The number of nitrogens with zero attached hydrogens (tertiary/aromatic N) is 6. The molecule has 19 heteroatoms. The van der Waals surface area contributed by atoms with Crippen molar-refractivity contribution in [3.63, 3.8) is 0 Å². The Bertz CT molecular complexity index is 2910. The molecule has 0 spiro atoms. The minimum absolute atomic E-state index is 0. The smallest absolute Gasteiger partial charge is 0.166 e. The van der Waals surface area contributed by atoms with E-state index < -0.39 is 0 Å². The fraction of sp³-hybridized carbons (Fsp3) is 0. The first-order valence-electron chi connectivity index (χ1n) is 14.1. The van der Waals surface area contributed by atoms with Crippen LogP contribution in [0.5, 0.6) is 0 Å². The number of hydrogen-bond donors (Lipinski definition) is 2. The summed E-state index contributed by atoms with van der Waals surface area (Å²) in [7, 11) is 0. The van der Waals surface area contributed by atoms with Crippen LogP contribution in [0.25, 0.3) is 89.7 Å². The number of rotatable bonds is 0. The third kappa shape index (κ3) is 5.24. The van der Waals surface area contributed by atoms with Gasteiger partial charge in [-0.25, -0.2) is 29.9 Å². The molecule has 257 valence electrons. The maximum atomic E-state index is 6.83. The molecule has 2 N–H and O–H groups in total. The zero-order valence-electron chi connectivity index (χ0n) is 24.2. The van der Waals surface area contributed by atoms with Gasteiger partial charge in [-0.3, -0.25) is 0 Å². The van der Waals surface area contributed by atoms with Gasteiger partial charge in [0.25, 0.3) is 0 Å². The van der Waals surface area contributed by atoms with Crippen LogP contribution in [0.2, 0.25) is 50.2 Å². The zero-order chi connectivity index (χ0) is 34.9. The van der Waals surface area contributed by atoms with Crippen molar-refractivity contribution in [3.05, 3.63) is 86.6 Å². The maximum absolute atomic E-state index is 6.83. The summed E-state index contributed by atoms with van der Waals surface area (Å²) in [6.07, 6.45) is 0. The number of aromatic nitrogens is 8. The Hall–Kier alpha value is -2.34. The second kappa shape index (κ2) is 12.9. The maximum Gasteiger partial charge on any atom is 0.166 e. The topological polar surface area (TPSA) is 109 Å². The van der Waals surface area contributed by atoms with Crippen molar-refractivity contribution in [2.75, 3.05) is 0 Å². The van der Waals surface area contributed by atoms with Gasteiger partial charge in [0.1, 0.15) is 22.6 Å². The zero-order valence-corrected chi connectivity index (χ0v) is 32.7. The van der Waals surface area contributed by atoms with Crippen LogP contribution in [0, 0.1) is 0 Å². The number of nitrogens with one attached hydrogen (secondary N) is 2. The largest absolute Gasteiger partial charge is 0.324 e. The summed E-state index contributed by atoms with van der Waals surface area (Å²) in [6, 6.07) is 10.9. The van der Waals surface area contributed by atoms with Gasteiger partial charge in [0, 0.05) is 39.0 Å². The van der Waals surface area contributed by atoms with Gasteiger partial charge in [0.15, 0.2) is 23.3 Å². The summed E-state index contributed by atoms with van der Waals surface area (Å²) in [5.41, 5.74) is 2.93. The van der Waals surface area contributed by atoms with E-state index in [1.807, 2.05) is 24.3 Å². The van der Waals surface area contributed by atoms with E-state index in [1.54, 1.807) is 12.1 Å². The summed E-state index contributed by atoms with van der Waals surface area (Å²) in [5, 5.41) is 2.44. The van der Waals surface area contributed by atoms with Crippen molar-refractivity contribution in [1.29, 1.82) is 0 Å². The minimum atomic E-state index is -0.0129. The Balaban J connectivity index is 0.00000374. The van der Waals surface area contributed by atoms with Gasteiger partial charge >= 0.3 is 0 Å². The van der Waals surface area contributed by atoms with Crippen LogP contribution in [-0.4, -0.2) is 39.9 Å². The summed E-state index contributed by atoms with van der Waals surface area (Å²) in [4.78, 5) is 35.6. The van der Waals surface area contributed by atoms with E-state index in [1.165, 1.54) is 0 Å². The van der Waals surface area contributed by atoms with Crippen LogP contribution in [-0.2, 0) is 17.1 Å². The third-order valence-corrected chi connectivity index (χ3v) is 12.6. The predicted molar refractivity (Wildman–Crippen MR) is 206 cm³/mol. The molecule has 0 fully saturated rings. The van der Waals surface area contributed by atoms with E-state index in [4.69, 9.17) is 146 Å². The van der Waals surface area contributed by atoms with Crippen molar-refractivity contribution in [3.8, 4) is 45.6 Å². The number of aromatic amines is 2. The van der Waals surface area contributed by atoms with Gasteiger partial charge in [-0.15, -0.1) is 0 Å². The van der Waals surface area contributed by atoms with E-state index in [0.717, 1.165) is 0 Å². The average Bonchev–Trinajstić information content (AvgIpc) is 3.84. The molecule has 8 nitrogen and oxygen atoms in total. The van der Waals surface area contributed by atoms with Gasteiger partial charge in [0.05, 0.1) is 72.1 Å². The van der Waals surface area contributed by atoms with Crippen molar-refractivity contribution in [2.45, 2.75) is 0 Å². The molecule has 1 radical (unpaired) electrons. The molecule has 2 aliphatic rings. The van der Waals surface area contributed by atoms with Crippen molar-refractivity contribution < 1.29 is 17.1 Å². The van der Waals surface area contributed by atoms with Crippen LogP contribution >= 0.6 is 116 Å². The SMILES string of the molecule is Clc1ccc2c3nc4nc(nc5[nH]c(nc6nc(nc([nH]3)c2c1Cl)-c1c(Cl)c(Cl)c(Cl)c(Cl)c1-6)c1c(Cl)c(Cl)c(Cl)c(Cl)c51)-c1ccccc1-4.[Cu]. The number of benzene rings is 4. The Morgan fingerprint density at radius 2 is 0.784 bits per heavy atom. The summed E-state index contributed by atoms with van der Waals surface area (Å²) < 4.78 is 0. The molecule has 9 rings (SSSR count). The quantitative estimate of drug-likeness (QED) is 0.0891. The van der Waals surface area contributed by atoms with E-state index in [2.05, 4.69) is 9.97 Å². The van der Waals surface area contributed by atoms with Crippen LogP contribution in [0.15, 0.2) is 36.4 Å². The first kappa shape index (κ1) is 35.7. The summed E-state index contributed by atoms with van der Waals surface area (Å²) in [5.74, 6) is 0.797. The second-order valence-electron chi connectivity index (χ2n) is 11.0. The van der Waals surface area contributed by atoms with Gasteiger partial charge < -0.3 is 9.97 Å². The van der Waals surface area contributed by atoms with E-state index in [9.17, 15) is 0 Å². The Kier molecular flexibility index (Phi) is 9.03. The van der Waals surface area contributed by atoms with E-state index in [0.29, 0.717) is 55.0 Å². The Morgan fingerprint density at radius 1 is 0.373 bits per heavy atom. The molecule has 4 aromatic carbocycles. The minimum Gasteiger partial charge on any atom is -0.324 e. The number of halogens is 10. The van der Waals surface area contributed by atoms with Crippen molar-refractivity contribution in [2.24, 2.45) is 0 Å². The Labute approximate surface area is 346 Å². The van der Waals surface area contributed by atoms with E-state index >= 15 is 0 Å². The molecule has 0 amide bonds. The molecule has 0 unspecified atom stereocenters. The van der Waals surface area contributed by atoms with Crippen molar-refractivity contribution in [1.82, 2.24) is 39.9 Å². The second-order valence-corrected chi connectivity index (χ2v) is 14.8. The van der Waals surface area contributed by atoms with Gasteiger partial charge in [0.2, 0.25) is 0 Å². The van der Waals surface area contributed by atoms with Gasteiger partial charge in [-0.1, -0.05) is 140 Å². The third-order valence-electron chi connectivity index (χ3n) is 8.22. The summed E-state index contributed by atoms with van der Waals surface area (Å²) in [6.45, 7) is 0. The number of hydrogen-bond acceptors (Lipinski definition) is 6. The molecule has 0 saturated carbocycles. The number of H-pyrrole nitrogens is 2. The standard InChI is InChI=1S/C32H8Cl10N8.Cu/c33-10-6-5-9-11(16(10)34)28-46-27(9)44-25-7-3-1-2-4-8(7)26(43-25)45-29-12-13(18(36)22(40)21(39)17(12)35)31(48-29)50-32-15-14(30(47-28)49-32)19(37)23(41)24(42)20(15)38;/h1-6H,(H2,43,44,45,46,47,48,49,50);. The van der Waals surface area contributed by atoms with Crippen molar-refractivity contribution >= 4 is 160 Å². The summed E-state index contributed by atoms with van der Waals surface area (Å²) >= 11 is 66.8. The molecule has 0 aliphatic carbocycles. The molecule has 5 heterocycles. The number of fused-ring (bicyclic) bond motifs is 20. The molecule has 7 aromatic rings. The van der Waals surface area contributed by atoms with Gasteiger partial charge in [-0.2, -0.15) is 0 Å². The molecule has 0 atom stereocenters. The van der Waals surface area contributed by atoms with E-state index in [-0.39, 0.29) is 102 Å². The van der Waals surface area contributed by atoms with Crippen LogP contribution in [0.4, 0.5) is 0 Å². The van der Waals surface area contributed by atoms with Crippen LogP contribution in [0.1, 0.15) is 0 Å². The average molecular weight is 923 g/mol. The molecular formula is C32H8Cl10CuN8. The van der Waals surface area contributed by atoms with Crippen LogP contribution < -0.4 is 0 Å². The first-order valence-corrected chi connectivity index (χ1v) is 17.8. The fourth-order valence-electron chi connectivity index (χ4n) is 5.99. The normalized spacial score (nSPS) is 12.0. The molecule has 3 aromatic heterocycles. The predicted octanol–water partition coefficient (Wildman–Crippen LogP) is 13.4. The molecular weight excluding hydrogens is 914 g/mol. The molecule has 8 bridgehead atoms. The monoisotopic (exact) mass is 917 g/mol. The van der Waals surface area contributed by atoms with Crippen LogP contribution in [0.3, 0.4) is 0 Å². The molecule has 0 saturated heterocycles. The molecule has 51 heavy (non-hydrogen) atoms. The fourth-order valence-corrected chi connectivity index (χ4v) is 8.45. The Morgan fingerprint density at radius 3 is 1.31 bits per heavy atom. The first-order chi connectivity index (χ1) is 23.9. The molecule has 2 aliphatic heterocycles.